The summed E-state index contributed by atoms with van der Waals surface area (Å²) in [6.07, 6.45) is 0. The fraction of sp³-hybridized carbons (Fsp3) is 1.00. The first-order valence-electron chi connectivity index (χ1n) is 5.73. The third-order valence-corrected chi connectivity index (χ3v) is 2.07. The monoisotopic (exact) mass is 219 g/mol. The first-order chi connectivity index (χ1) is 6.48. The van der Waals surface area contributed by atoms with Crippen molar-refractivity contribution in [3.8, 4) is 0 Å². The zero-order valence-corrected chi connectivity index (χ0v) is 12.5. The van der Waals surface area contributed by atoms with Crippen LogP contribution in [0.2, 0.25) is 0 Å². The minimum absolute atomic E-state index is 1.06. The smallest absolute Gasteiger partial charge is 0.128 e. The molecule has 3 nitrogen and oxygen atoms in total. The molecule has 0 radical (unpaired) electrons. The lowest BCUT2D eigenvalue weighted by Gasteiger charge is -2.30. The van der Waals surface area contributed by atoms with Crippen molar-refractivity contribution in [1.29, 1.82) is 0 Å². The van der Waals surface area contributed by atoms with Gasteiger partial charge in [0.05, 0.1) is 42.3 Å². The van der Waals surface area contributed by atoms with E-state index in [1.54, 1.807) is 0 Å². The largest absolute Gasteiger partial charge is 0.326 e. The van der Waals surface area contributed by atoms with E-state index in [2.05, 4.69) is 68.2 Å². The first-order valence-corrected chi connectivity index (χ1v) is 5.73. The Morgan fingerprint density at radius 3 is 1.00 bits per heavy atom. The summed E-state index contributed by atoms with van der Waals surface area (Å²) in [5, 5.41) is 0. The van der Waals surface area contributed by atoms with Crippen molar-refractivity contribution in [1.82, 2.24) is 4.90 Å². The molecule has 0 bridgehead atoms. The Kier molecular flexibility index (Phi) is 8.30. The summed E-state index contributed by atoms with van der Waals surface area (Å²) in [7, 11) is 17.5. The SMILES string of the molecule is CCN(C)C.C[N+](C)(C)CC[N+](C)(C)C. The Morgan fingerprint density at radius 1 is 0.733 bits per heavy atom. The summed E-state index contributed by atoms with van der Waals surface area (Å²) in [5.74, 6) is 0. The topological polar surface area (TPSA) is 3.24 Å². The highest BCUT2D eigenvalue weighted by Crippen LogP contribution is 1.94. The van der Waals surface area contributed by atoms with Crippen LogP contribution in [-0.2, 0) is 0 Å². The van der Waals surface area contributed by atoms with Gasteiger partial charge in [-0.05, 0) is 20.6 Å². The molecule has 0 N–H and O–H groups in total. The van der Waals surface area contributed by atoms with Gasteiger partial charge in [0.15, 0.2) is 0 Å². The van der Waals surface area contributed by atoms with Gasteiger partial charge in [-0.2, -0.15) is 0 Å². The van der Waals surface area contributed by atoms with Gasteiger partial charge in [-0.15, -0.1) is 0 Å². The second kappa shape index (κ2) is 7.20. The summed E-state index contributed by atoms with van der Waals surface area (Å²) < 4.78 is 2.13. The molecule has 0 atom stereocenters. The van der Waals surface area contributed by atoms with Gasteiger partial charge >= 0.3 is 0 Å². The highest BCUT2D eigenvalue weighted by atomic mass is 15.3. The fourth-order valence-corrected chi connectivity index (χ4v) is 0.600. The van der Waals surface area contributed by atoms with Crippen molar-refractivity contribution in [2.45, 2.75) is 6.92 Å². The van der Waals surface area contributed by atoms with E-state index < -0.39 is 0 Å². The normalized spacial score (nSPS) is 12.4. The minimum atomic E-state index is 1.06. The van der Waals surface area contributed by atoms with Gasteiger partial charge in [0.25, 0.3) is 0 Å². The lowest BCUT2D eigenvalue weighted by Crippen LogP contribution is -2.46. The quantitative estimate of drug-likeness (QED) is 0.637. The van der Waals surface area contributed by atoms with Crippen molar-refractivity contribution in [3.63, 3.8) is 0 Å². The average Bonchev–Trinajstić information content (AvgIpc) is 2.00. The molecule has 0 saturated heterocycles. The molecule has 0 fully saturated rings. The first kappa shape index (κ1) is 17.3. The Labute approximate surface area is 97.5 Å². The summed E-state index contributed by atoms with van der Waals surface area (Å²) in [6, 6.07) is 0. The summed E-state index contributed by atoms with van der Waals surface area (Å²) in [5.41, 5.74) is 0. The van der Waals surface area contributed by atoms with E-state index in [-0.39, 0.29) is 0 Å². The van der Waals surface area contributed by atoms with Gasteiger partial charge in [-0.25, -0.2) is 0 Å². The van der Waals surface area contributed by atoms with Crippen LogP contribution in [0, 0.1) is 0 Å². The van der Waals surface area contributed by atoms with Gasteiger partial charge in [-0.3, -0.25) is 0 Å². The third-order valence-electron chi connectivity index (χ3n) is 2.07. The van der Waals surface area contributed by atoms with Crippen molar-refractivity contribution in [2.24, 2.45) is 0 Å². The maximum Gasteiger partial charge on any atom is 0.128 e. The average molecular weight is 219 g/mol. The van der Waals surface area contributed by atoms with E-state index in [1.807, 2.05) is 0 Å². The lowest BCUT2D eigenvalue weighted by atomic mass is 10.4. The van der Waals surface area contributed by atoms with Crippen LogP contribution in [0.1, 0.15) is 6.92 Å². The second-order valence-corrected chi connectivity index (χ2v) is 6.42. The Morgan fingerprint density at radius 2 is 0.933 bits per heavy atom. The number of likely N-dealkylation sites (N-methyl/N-ethyl adjacent to an activating group) is 2. The fourth-order valence-electron chi connectivity index (χ4n) is 0.600. The van der Waals surface area contributed by atoms with Crippen molar-refractivity contribution >= 4 is 0 Å². The van der Waals surface area contributed by atoms with Gasteiger partial charge in [0.1, 0.15) is 13.1 Å². The van der Waals surface area contributed by atoms with Crippen molar-refractivity contribution < 1.29 is 8.97 Å². The number of rotatable bonds is 4. The van der Waals surface area contributed by atoms with Crippen molar-refractivity contribution in [2.75, 3.05) is 76.0 Å². The number of nitrogens with zero attached hydrogens (tertiary/aromatic N) is 3. The van der Waals surface area contributed by atoms with Crippen LogP contribution in [0.3, 0.4) is 0 Å². The standard InChI is InChI=1S/C8H22N2.C4H11N/c1-9(2,3)7-8-10(4,5)6;1-4-5(2)3/h7-8H2,1-6H3;4H2,1-3H3/q+2;. The Balaban J connectivity index is 0. The predicted octanol–water partition coefficient (Wildman–Crippen LogP) is 0.967. The third kappa shape index (κ3) is 24.8. The van der Waals surface area contributed by atoms with Crippen LogP contribution in [0.15, 0.2) is 0 Å². The van der Waals surface area contributed by atoms with Gasteiger partial charge in [0.2, 0.25) is 0 Å². The van der Waals surface area contributed by atoms with Gasteiger partial charge in [-0.1, -0.05) is 6.92 Å². The van der Waals surface area contributed by atoms with Crippen LogP contribution >= 0.6 is 0 Å². The molecule has 0 aliphatic carbocycles. The molecule has 0 saturated carbocycles. The molecule has 15 heavy (non-hydrogen) atoms. The summed E-state index contributed by atoms with van der Waals surface area (Å²) in [4.78, 5) is 2.12. The van der Waals surface area contributed by atoms with Crippen LogP contribution in [-0.4, -0.2) is 89.9 Å². The molecule has 3 heteroatoms. The maximum absolute atomic E-state index is 2.23. The molecular formula is C12H33N3+2. The molecule has 0 spiro atoms. The molecule has 0 aliphatic rings. The van der Waals surface area contributed by atoms with E-state index >= 15 is 0 Å². The number of quaternary nitrogens is 2. The van der Waals surface area contributed by atoms with E-state index in [4.69, 9.17) is 0 Å². The van der Waals surface area contributed by atoms with Gasteiger partial charge < -0.3 is 13.9 Å². The zero-order valence-electron chi connectivity index (χ0n) is 12.5. The Hall–Kier alpha value is -0.120. The molecule has 0 unspecified atom stereocenters. The summed E-state index contributed by atoms with van der Waals surface area (Å²) >= 11 is 0. The summed E-state index contributed by atoms with van der Waals surface area (Å²) in [6.45, 7) is 5.74. The molecule has 0 heterocycles. The molecule has 0 aliphatic heterocycles. The highest BCUT2D eigenvalue weighted by molar-refractivity contribution is 4.26. The van der Waals surface area contributed by atoms with E-state index in [0.29, 0.717) is 0 Å². The molecular weight excluding hydrogens is 186 g/mol. The van der Waals surface area contributed by atoms with E-state index in [9.17, 15) is 0 Å². The number of hydrogen-bond acceptors (Lipinski definition) is 1. The van der Waals surface area contributed by atoms with E-state index in [1.165, 1.54) is 13.1 Å². The molecule has 94 valence electrons. The van der Waals surface area contributed by atoms with Crippen LogP contribution in [0.4, 0.5) is 0 Å². The molecule has 0 rings (SSSR count). The van der Waals surface area contributed by atoms with Crippen LogP contribution in [0.5, 0.6) is 0 Å². The second-order valence-electron chi connectivity index (χ2n) is 6.42. The predicted molar refractivity (Wildman–Crippen MR) is 70.0 cm³/mol. The van der Waals surface area contributed by atoms with Gasteiger partial charge in [0, 0.05) is 0 Å². The van der Waals surface area contributed by atoms with Crippen LogP contribution in [0.25, 0.3) is 0 Å². The number of hydrogen-bond donors (Lipinski definition) is 0. The van der Waals surface area contributed by atoms with Crippen LogP contribution < -0.4 is 0 Å². The molecule has 0 aromatic rings. The maximum atomic E-state index is 2.23. The van der Waals surface area contributed by atoms with E-state index in [0.717, 1.165) is 15.5 Å². The molecule has 0 amide bonds. The zero-order chi connectivity index (χ0) is 12.7. The molecule has 0 aromatic heterocycles. The lowest BCUT2D eigenvalue weighted by molar-refractivity contribution is -0.927. The Bertz CT molecular complexity index is 126. The molecule has 0 aromatic carbocycles. The van der Waals surface area contributed by atoms with Crippen molar-refractivity contribution in [3.05, 3.63) is 0 Å². The minimum Gasteiger partial charge on any atom is -0.326 e. The highest BCUT2D eigenvalue weighted by Gasteiger charge is 2.13.